The highest BCUT2D eigenvalue weighted by molar-refractivity contribution is 8.00. The van der Waals surface area contributed by atoms with Crippen LogP contribution >= 0.6 is 11.8 Å². The fraction of sp³-hybridized carbons (Fsp3) is 0.538. The number of benzene rings is 1. The third kappa shape index (κ3) is 4.12. The normalized spacial score (nSPS) is 20.9. The molecule has 0 bridgehead atoms. The number of anilines is 1. The molecule has 7 heteroatoms. The SMILES string of the molecule is CC1COCCN1S(=O)(=O)CCSc1cccc(N)c1. The summed E-state index contributed by atoms with van der Waals surface area (Å²) in [7, 11) is -3.21. The lowest BCUT2D eigenvalue weighted by Crippen LogP contribution is -2.48. The monoisotopic (exact) mass is 316 g/mol. The number of ether oxygens (including phenoxy) is 1. The van der Waals surface area contributed by atoms with E-state index in [-0.39, 0.29) is 11.8 Å². The van der Waals surface area contributed by atoms with Gasteiger partial charge in [0.2, 0.25) is 10.0 Å². The van der Waals surface area contributed by atoms with Gasteiger partial charge < -0.3 is 10.5 Å². The van der Waals surface area contributed by atoms with E-state index in [1.54, 1.807) is 4.31 Å². The molecule has 0 saturated carbocycles. The molecule has 2 N–H and O–H groups in total. The maximum Gasteiger partial charge on any atom is 0.215 e. The number of rotatable bonds is 5. The summed E-state index contributed by atoms with van der Waals surface area (Å²) < 4.78 is 31.4. The summed E-state index contributed by atoms with van der Waals surface area (Å²) in [6.07, 6.45) is 0. The third-order valence-corrected chi connectivity index (χ3v) is 6.36. The number of nitrogens with two attached hydrogens (primary N) is 1. The molecule has 1 aromatic carbocycles. The summed E-state index contributed by atoms with van der Waals surface area (Å²) in [4.78, 5) is 0.996. The van der Waals surface area contributed by atoms with Gasteiger partial charge in [-0.3, -0.25) is 0 Å². The van der Waals surface area contributed by atoms with Crippen LogP contribution in [0, 0.1) is 0 Å². The Labute approximate surface area is 124 Å². The van der Waals surface area contributed by atoms with Gasteiger partial charge in [0.15, 0.2) is 0 Å². The maximum absolute atomic E-state index is 12.3. The minimum absolute atomic E-state index is 0.0777. The van der Waals surface area contributed by atoms with Gasteiger partial charge in [0.25, 0.3) is 0 Å². The zero-order chi connectivity index (χ0) is 14.6. The highest BCUT2D eigenvalue weighted by Crippen LogP contribution is 2.21. The van der Waals surface area contributed by atoms with Crippen LogP contribution in [-0.4, -0.2) is 50.0 Å². The molecular formula is C13H20N2O3S2. The molecule has 0 spiro atoms. The lowest BCUT2D eigenvalue weighted by atomic mass is 10.3. The standard InChI is InChI=1S/C13H20N2O3S2/c1-11-10-18-6-5-15(11)20(16,17)8-7-19-13-4-2-3-12(14)9-13/h2-4,9,11H,5-8,10,14H2,1H3. The average molecular weight is 316 g/mol. The number of nitrogens with zero attached hydrogens (tertiary/aromatic N) is 1. The van der Waals surface area contributed by atoms with Crippen molar-refractivity contribution < 1.29 is 13.2 Å². The van der Waals surface area contributed by atoms with Crippen molar-refractivity contribution in [3.8, 4) is 0 Å². The van der Waals surface area contributed by atoms with Crippen LogP contribution in [0.4, 0.5) is 5.69 Å². The van der Waals surface area contributed by atoms with E-state index < -0.39 is 10.0 Å². The first-order chi connectivity index (χ1) is 9.49. The van der Waals surface area contributed by atoms with Crippen LogP contribution in [-0.2, 0) is 14.8 Å². The summed E-state index contributed by atoms with van der Waals surface area (Å²) in [5.74, 6) is 0.659. The van der Waals surface area contributed by atoms with E-state index in [1.165, 1.54) is 11.8 Å². The number of thioether (sulfide) groups is 1. The molecule has 1 unspecified atom stereocenters. The molecule has 0 radical (unpaired) electrons. The van der Waals surface area contributed by atoms with Gasteiger partial charge in [-0.25, -0.2) is 8.42 Å². The van der Waals surface area contributed by atoms with E-state index in [1.807, 2.05) is 31.2 Å². The van der Waals surface area contributed by atoms with E-state index in [4.69, 9.17) is 10.5 Å². The first-order valence-corrected chi connectivity index (χ1v) is 9.14. The molecule has 1 aromatic rings. The summed E-state index contributed by atoms with van der Waals surface area (Å²) >= 11 is 1.51. The van der Waals surface area contributed by atoms with Crippen LogP contribution in [0.3, 0.4) is 0 Å². The van der Waals surface area contributed by atoms with E-state index in [0.717, 1.165) is 4.90 Å². The zero-order valence-corrected chi connectivity index (χ0v) is 13.1. The van der Waals surface area contributed by atoms with Crippen molar-refractivity contribution in [1.29, 1.82) is 0 Å². The Balaban J connectivity index is 1.89. The van der Waals surface area contributed by atoms with Crippen molar-refractivity contribution >= 4 is 27.5 Å². The Morgan fingerprint density at radius 2 is 2.30 bits per heavy atom. The van der Waals surface area contributed by atoms with Crippen molar-refractivity contribution in [3.63, 3.8) is 0 Å². The van der Waals surface area contributed by atoms with Crippen molar-refractivity contribution in [3.05, 3.63) is 24.3 Å². The van der Waals surface area contributed by atoms with Gasteiger partial charge in [-0.2, -0.15) is 4.31 Å². The second-order valence-electron chi connectivity index (χ2n) is 4.77. The van der Waals surface area contributed by atoms with E-state index in [0.29, 0.717) is 31.2 Å². The molecule has 5 nitrogen and oxygen atoms in total. The minimum Gasteiger partial charge on any atom is -0.399 e. The van der Waals surface area contributed by atoms with Gasteiger partial charge in [-0.05, 0) is 25.1 Å². The molecule has 20 heavy (non-hydrogen) atoms. The van der Waals surface area contributed by atoms with Crippen LogP contribution in [0.5, 0.6) is 0 Å². The first-order valence-electron chi connectivity index (χ1n) is 6.54. The van der Waals surface area contributed by atoms with Gasteiger partial charge in [-0.15, -0.1) is 11.8 Å². The second kappa shape index (κ2) is 6.80. The zero-order valence-electron chi connectivity index (χ0n) is 11.5. The molecule has 1 saturated heterocycles. The largest absolute Gasteiger partial charge is 0.399 e. The molecule has 1 fully saturated rings. The van der Waals surface area contributed by atoms with Crippen LogP contribution in [0.2, 0.25) is 0 Å². The molecule has 1 heterocycles. The molecule has 1 atom stereocenters. The Bertz CT molecular complexity index is 548. The second-order valence-corrected chi connectivity index (χ2v) is 7.98. The van der Waals surface area contributed by atoms with Crippen LogP contribution in [0.25, 0.3) is 0 Å². The Morgan fingerprint density at radius 3 is 3.00 bits per heavy atom. The summed E-state index contributed by atoms with van der Waals surface area (Å²) in [6, 6.07) is 7.40. The molecule has 2 rings (SSSR count). The minimum atomic E-state index is -3.21. The quantitative estimate of drug-likeness (QED) is 0.657. The van der Waals surface area contributed by atoms with Gasteiger partial charge in [0, 0.05) is 28.9 Å². The van der Waals surface area contributed by atoms with Crippen molar-refractivity contribution in [1.82, 2.24) is 4.31 Å². The van der Waals surface area contributed by atoms with E-state index in [2.05, 4.69) is 0 Å². The smallest absolute Gasteiger partial charge is 0.215 e. The predicted molar refractivity (Wildman–Crippen MR) is 82.4 cm³/mol. The molecule has 0 amide bonds. The molecule has 1 aliphatic rings. The Hall–Kier alpha value is -0.760. The highest BCUT2D eigenvalue weighted by Gasteiger charge is 2.29. The van der Waals surface area contributed by atoms with E-state index in [9.17, 15) is 8.42 Å². The molecule has 0 aromatic heterocycles. The van der Waals surface area contributed by atoms with Crippen molar-refractivity contribution in [2.24, 2.45) is 0 Å². The predicted octanol–water partition coefficient (Wildman–Crippen LogP) is 1.41. The van der Waals surface area contributed by atoms with Crippen LogP contribution in [0.15, 0.2) is 29.2 Å². The van der Waals surface area contributed by atoms with Gasteiger partial charge in [0.1, 0.15) is 0 Å². The third-order valence-electron chi connectivity index (χ3n) is 3.13. The van der Waals surface area contributed by atoms with Crippen LogP contribution < -0.4 is 5.73 Å². The fourth-order valence-electron chi connectivity index (χ4n) is 2.11. The summed E-state index contributed by atoms with van der Waals surface area (Å²) in [5, 5.41) is 0. The van der Waals surface area contributed by atoms with E-state index >= 15 is 0 Å². The number of hydrogen-bond donors (Lipinski definition) is 1. The van der Waals surface area contributed by atoms with Crippen molar-refractivity contribution in [2.75, 3.05) is 37.0 Å². The lowest BCUT2D eigenvalue weighted by molar-refractivity contribution is 0.0393. The van der Waals surface area contributed by atoms with Gasteiger partial charge in [-0.1, -0.05) is 6.07 Å². The van der Waals surface area contributed by atoms with Gasteiger partial charge >= 0.3 is 0 Å². The number of nitrogen functional groups attached to an aromatic ring is 1. The number of sulfonamides is 1. The summed E-state index contributed by atoms with van der Waals surface area (Å²) in [5.41, 5.74) is 6.39. The molecule has 0 aliphatic carbocycles. The Morgan fingerprint density at radius 1 is 1.50 bits per heavy atom. The summed E-state index contributed by atoms with van der Waals surface area (Å²) in [6.45, 7) is 3.28. The van der Waals surface area contributed by atoms with Crippen molar-refractivity contribution in [2.45, 2.75) is 17.9 Å². The lowest BCUT2D eigenvalue weighted by Gasteiger charge is -2.32. The molecule has 112 valence electrons. The van der Waals surface area contributed by atoms with Crippen LogP contribution in [0.1, 0.15) is 6.92 Å². The number of morpholine rings is 1. The first kappa shape index (κ1) is 15.6. The molecular weight excluding hydrogens is 296 g/mol. The van der Waals surface area contributed by atoms with Gasteiger partial charge in [0.05, 0.1) is 19.0 Å². The highest BCUT2D eigenvalue weighted by atomic mass is 32.2. The fourth-order valence-corrected chi connectivity index (χ4v) is 5.11. The average Bonchev–Trinajstić information content (AvgIpc) is 2.39. The molecule has 1 aliphatic heterocycles. The maximum atomic E-state index is 12.3. The Kier molecular flexibility index (Phi) is 5.31. The topological polar surface area (TPSA) is 72.6 Å². The number of hydrogen-bond acceptors (Lipinski definition) is 5.